The summed E-state index contributed by atoms with van der Waals surface area (Å²) in [7, 11) is 2.00. The van der Waals surface area contributed by atoms with Crippen molar-refractivity contribution in [1.82, 2.24) is 10.3 Å². The maximum Gasteiger partial charge on any atom is 0.0997 e. The van der Waals surface area contributed by atoms with Crippen LogP contribution >= 0.6 is 11.3 Å². The van der Waals surface area contributed by atoms with Crippen molar-refractivity contribution >= 4 is 11.3 Å². The number of nitrogens with one attached hydrogen (secondary N) is 1. The first kappa shape index (κ1) is 11.1. The van der Waals surface area contributed by atoms with Crippen LogP contribution in [0.2, 0.25) is 0 Å². The lowest BCUT2D eigenvalue weighted by molar-refractivity contribution is 0.409. The van der Waals surface area contributed by atoms with E-state index >= 15 is 0 Å². The molecule has 0 unspecified atom stereocenters. The molecule has 1 aromatic rings. The second-order valence-electron chi connectivity index (χ2n) is 5.12. The molecule has 1 saturated carbocycles. The van der Waals surface area contributed by atoms with Crippen LogP contribution in [0.1, 0.15) is 49.7 Å². The fraction of sp³-hybridized carbons (Fsp3) is 0.750. The topological polar surface area (TPSA) is 24.9 Å². The molecule has 1 heterocycles. The molecule has 84 valence electrons. The number of nitrogens with zero attached hydrogens (tertiary/aromatic N) is 1. The van der Waals surface area contributed by atoms with Crippen molar-refractivity contribution in [3.63, 3.8) is 0 Å². The zero-order valence-corrected chi connectivity index (χ0v) is 10.7. The SMILES string of the molecule is CNCC(C)(C)c1nc(C2CCC2)cs1. The minimum atomic E-state index is 0.168. The van der Waals surface area contributed by atoms with Gasteiger partial charge in [0.15, 0.2) is 0 Å². The largest absolute Gasteiger partial charge is 0.319 e. The molecule has 0 atom stereocenters. The Hall–Kier alpha value is -0.410. The van der Waals surface area contributed by atoms with Gasteiger partial charge >= 0.3 is 0 Å². The van der Waals surface area contributed by atoms with E-state index in [2.05, 4.69) is 24.5 Å². The van der Waals surface area contributed by atoms with Gasteiger partial charge in [-0.3, -0.25) is 0 Å². The molecule has 0 radical (unpaired) electrons. The van der Waals surface area contributed by atoms with Crippen LogP contribution < -0.4 is 5.32 Å². The van der Waals surface area contributed by atoms with Gasteiger partial charge in [-0.2, -0.15) is 0 Å². The van der Waals surface area contributed by atoms with Crippen molar-refractivity contribution < 1.29 is 0 Å². The van der Waals surface area contributed by atoms with Gasteiger partial charge in [-0.05, 0) is 19.9 Å². The smallest absolute Gasteiger partial charge is 0.0997 e. The standard InChI is InChI=1S/C12H20N2S/c1-12(2,8-13-3)11-14-10(7-15-11)9-5-4-6-9/h7,9,13H,4-6,8H2,1-3H3. The molecule has 0 bridgehead atoms. The molecule has 1 aliphatic rings. The number of hydrogen-bond acceptors (Lipinski definition) is 3. The molecule has 0 aliphatic heterocycles. The number of hydrogen-bond donors (Lipinski definition) is 1. The molecule has 0 aromatic carbocycles. The third kappa shape index (κ3) is 2.23. The van der Waals surface area contributed by atoms with Crippen LogP contribution in [-0.4, -0.2) is 18.6 Å². The Bertz CT molecular complexity index is 326. The van der Waals surface area contributed by atoms with Crippen molar-refractivity contribution in [2.45, 2.75) is 44.4 Å². The second-order valence-corrected chi connectivity index (χ2v) is 5.98. The average Bonchev–Trinajstić information content (AvgIpc) is 2.50. The average molecular weight is 224 g/mol. The van der Waals surface area contributed by atoms with Crippen molar-refractivity contribution in [1.29, 1.82) is 0 Å². The Labute approximate surface area is 96.1 Å². The van der Waals surface area contributed by atoms with Gasteiger partial charge in [-0.1, -0.05) is 20.3 Å². The molecule has 1 N–H and O–H groups in total. The third-order valence-electron chi connectivity index (χ3n) is 3.24. The number of aromatic nitrogens is 1. The molecular formula is C12H20N2S. The maximum absolute atomic E-state index is 4.80. The summed E-state index contributed by atoms with van der Waals surface area (Å²) in [5.74, 6) is 0.764. The first-order chi connectivity index (χ1) is 7.13. The Kier molecular flexibility index (Phi) is 3.12. The lowest BCUT2D eigenvalue weighted by atomic mass is 9.83. The van der Waals surface area contributed by atoms with Gasteiger partial charge in [-0.25, -0.2) is 4.98 Å². The van der Waals surface area contributed by atoms with Crippen LogP contribution in [0, 0.1) is 0 Å². The molecule has 0 amide bonds. The first-order valence-electron chi connectivity index (χ1n) is 5.74. The summed E-state index contributed by atoms with van der Waals surface area (Å²) in [5.41, 5.74) is 1.51. The quantitative estimate of drug-likeness (QED) is 0.850. The van der Waals surface area contributed by atoms with E-state index in [1.54, 1.807) is 0 Å². The highest BCUT2D eigenvalue weighted by atomic mass is 32.1. The van der Waals surface area contributed by atoms with Crippen molar-refractivity contribution in [2.75, 3.05) is 13.6 Å². The van der Waals surface area contributed by atoms with Gasteiger partial charge in [0.1, 0.15) is 0 Å². The molecule has 1 aliphatic carbocycles. The number of rotatable bonds is 4. The van der Waals surface area contributed by atoms with E-state index in [1.165, 1.54) is 30.0 Å². The Morgan fingerprint density at radius 2 is 2.27 bits per heavy atom. The summed E-state index contributed by atoms with van der Waals surface area (Å²) in [5, 5.41) is 6.78. The summed E-state index contributed by atoms with van der Waals surface area (Å²) in [6.45, 7) is 5.50. The fourth-order valence-electron chi connectivity index (χ4n) is 2.01. The highest BCUT2D eigenvalue weighted by molar-refractivity contribution is 7.09. The molecule has 15 heavy (non-hydrogen) atoms. The summed E-state index contributed by atoms with van der Waals surface area (Å²) in [6, 6.07) is 0. The first-order valence-corrected chi connectivity index (χ1v) is 6.62. The summed E-state index contributed by atoms with van der Waals surface area (Å²) in [6.07, 6.45) is 4.07. The maximum atomic E-state index is 4.80. The zero-order valence-electron chi connectivity index (χ0n) is 9.84. The summed E-state index contributed by atoms with van der Waals surface area (Å²) >= 11 is 1.82. The lowest BCUT2D eigenvalue weighted by Crippen LogP contribution is -2.30. The normalized spacial score (nSPS) is 17.8. The van der Waals surface area contributed by atoms with E-state index < -0.39 is 0 Å². The van der Waals surface area contributed by atoms with E-state index in [0.717, 1.165) is 12.5 Å². The van der Waals surface area contributed by atoms with Crippen LogP contribution in [-0.2, 0) is 5.41 Å². The number of thiazole rings is 1. The minimum Gasteiger partial charge on any atom is -0.319 e. The summed E-state index contributed by atoms with van der Waals surface area (Å²) in [4.78, 5) is 4.80. The van der Waals surface area contributed by atoms with E-state index in [4.69, 9.17) is 4.98 Å². The highest BCUT2D eigenvalue weighted by Crippen LogP contribution is 2.38. The molecule has 1 aromatic heterocycles. The monoisotopic (exact) mass is 224 g/mol. The lowest BCUT2D eigenvalue weighted by Gasteiger charge is -2.24. The van der Waals surface area contributed by atoms with Crippen LogP contribution in [0.5, 0.6) is 0 Å². The molecule has 0 spiro atoms. The molecule has 2 rings (SSSR count). The van der Waals surface area contributed by atoms with Crippen molar-refractivity contribution in [3.8, 4) is 0 Å². The fourth-order valence-corrected chi connectivity index (χ4v) is 3.03. The van der Waals surface area contributed by atoms with Crippen LogP contribution in [0.15, 0.2) is 5.38 Å². The third-order valence-corrected chi connectivity index (χ3v) is 4.47. The highest BCUT2D eigenvalue weighted by Gasteiger charge is 2.27. The van der Waals surface area contributed by atoms with E-state index in [-0.39, 0.29) is 5.41 Å². The van der Waals surface area contributed by atoms with Crippen LogP contribution in [0.4, 0.5) is 0 Å². The Morgan fingerprint density at radius 1 is 1.53 bits per heavy atom. The Morgan fingerprint density at radius 3 is 2.80 bits per heavy atom. The van der Waals surface area contributed by atoms with Gasteiger partial charge < -0.3 is 5.32 Å². The summed E-state index contributed by atoms with van der Waals surface area (Å²) < 4.78 is 0. The Balaban J connectivity index is 2.11. The predicted octanol–water partition coefficient (Wildman–Crippen LogP) is 2.91. The van der Waals surface area contributed by atoms with Gasteiger partial charge in [0.25, 0.3) is 0 Å². The second kappa shape index (κ2) is 4.22. The number of likely N-dealkylation sites (N-methyl/N-ethyl adjacent to an activating group) is 1. The minimum absolute atomic E-state index is 0.168. The molecule has 3 heteroatoms. The van der Waals surface area contributed by atoms with Gasteiger partial charge in [0.2, 0.25) is 0 Å². The molecular weight excluding hydrogens is 204 g/mol. The van der Waals surface area contributed by atoms with Gasteiger partial charge in [0, 0.05) is 23.3 Å². The van der Waals surface area contributed by atoms with Gasteiger partial charge in [-0.15, -0.1) is 11.3 Å². The van der Waals surface area contributed by atoms with Crippen LogP contribution in [0.25, 0.3) is 0 Å². The van der Waals surface area contributed by atoms with Gasteiger partial charge in [0.05, 0.1) is 10.7 Å². The van der Waals surface area contributed by atoms with E-state index in [9.17, 15) is 0 Å². The predicted molar refractivity (Wildman–Crippen MR) is 65.7 cm³/mol. The zero-order chi connectivity index (χ0) is 10.9. The van der Waals surface area contributed by atoms with E-state index in [0.29, 0.717) is 0 Å². The van der Waals surface area contributed by atoms with E-state index in [1.807, 2.05) is 18.4 Å². The van der Waals surface area contributed by atoms with Crippen molar-refractivity contribution in [2.24, 2.45) is 0 Å². The molecule has 0 saturated heterocycles. The molecule has 1 fully saturated rings. The molecule has 2 nitrogen and oxygen atoms in total. The van der Waals surface area contributed by atoms with Crippen molar-refractivity contribution in [3.05, 3.63) is 16.1 Å². The van der Waals surface area contributed by atoms with Crippen LogP contribution in [0.3, 0.4) is 0 Å².